The maximum Gasteiger partial charge on any atom is 0.220 e. The van der Waals surface area contributed by atoms with Gasteiger partial charge >= 0.3 is 0 Å². The van der Waals surface area contributed by atoms with E-state index in [1.165, 1.54) is 276 Å². The molecular weight excluding hydrogens is 975 g/mol. The molecule has 0 rings (SSSR count). The van der Waals surface area contributed by atoms with Crippen LogP contribution >= 0.6 is 0 Å². The maximum atomic E-state index is 12.6. The standard InChI is InChI=1S/C76H139NO3/c1-3-5-7-9-11-13-15-17-19-21-23-25-27-29-31-32-33-34-35-36-37-38-39-40-41-42-43-44-46-48-50-52-54-56-58-60-62-64-66-68-70-72-76(80)77-74(73-78)75(79)71-69-67-65-63-61-59-57-55-53-51-49-47-45-30-28-26-24-22-20-18-16-14-12-10-8-6-4-2/h5,7,11,13,17,19,23,25,29,31,33-34,36-37,74-75,78-79H,3-4,6,8-10,12,14-16,18,20-22,24,26-28,30,32,35,38-73H2,1-2H3,(H,77,80)/b7-5-,13-11-,19-17-,25-23-,31-29-,34-33-,37-36-. The highest BCUT2D eigenvalue weighted by molar-refractivity contribution is 5.76. The van der Waals surface area contributed by atoms with Crippen LogP contribution in [-0.4, -0.2) is 34.9 Å². The Hall–Kier alpha value is -2.43. The van der Waals surface area contributed by atoms with Crippen LogP contribution in [0.15, 0.2) is 85.1 Å². The second-order valence-electron chi connectivity index (χ2n) is 24.3. The molecular formula is C76H139NO3. The van der Waals surface area contributed by atoms with Gasteiger partial charge in [-0.2, -0.15) is 0 Å². The zero-order chi connectivity index (χ0) is 57.6. The van der Waals surface area contributed by atoms with Crippen molar-refractivity contribution in [3.63, 3.8) is 0 Å². The van der Waals surface area contributed by atoms with Gasteiger partial charge in [-0.05, 0) is 70.6 Å². The number of hydrogen-bond acceptors (Lipinski definition) is 3. The van der Waals surface area contributed by atoms with Gasteiger partial charge in [-0.3, -0.25) is 4.79 Å². The molecule has 0 bridgehead atoms. The third-order valence-electron chi connectivity index (χ3n) is 16.4. The van der Waals surface area contributed by atoms with Crippen molar-refractivity contribution in [2.24, 2.45) is 0 Å². The lowest BCUT2D eigenvalue weighted by molar-refractivity contribution is -0.123. The van der Waals surface area contributed by atoms with Crippen LogP contribution in [0.1, 0.15) is 373 Å². The van der Waals surface area contributed by atoms with E-state index >= 15 is 0 Å². The summed E-state index contributed by atoms with van der Waals surface area (Å²) in [5.74, 6) is -0.0258. The number of carbonyl (C=O) groups is 1. The van der Waals surface area contributed by atoms with Crippen molar-refractivity contribution in [1.29, 1.82) is 0 Å². The summed E-state index contributed by atoms with van der Waals surface area (Å²) in [4.78, 5) is 12.6. The van der Waals surface area contributed by atoms with Gasteiger partial charge < -0.3 is 15.5 Å². The fourth-order valence-corrected chi connectivity index (χ4v) is 11.1. The van der Waals surface area contributed by atoms with Crippen molar-refractivity contribution in [3.8, 4) is 0 Å². The zero-order valence-corrected chi connectivity index (χ0v) is 53.8. The Kier molecular flexibility index (Phi) is 68.7. The lowest BCUT2D eigenvalue weighted by atomic mass is 10.0. The predicted octanol–water partition coefficient (Wildman–Crippen LogP) is 24.6. The third kappa shape index (κ3) is 66.4. The van der Waals surface area contributed by atoms with E-state index in [4.69, 9.17) is 0 Å². The molecule has 0 aromatic heterocycles. The summed E-state index contributed by atoms with van der Waals surface area (Å²) >= 11 is 0. The Morgan fingerprint density at radius 1 is 0.312 bits per heavy atom. The van der Waals surface area contributed by atoms with E-state index in [1.807, 2.05) is 0 Å². The summed E-state index contributed by atoms with van der Waals surface area (Å²) < 4.78 is 0. The van der Waals surface area contributed by atoms with Gasteiger partial charge in [0.15, 0.2) is 0 Å². The zero-order valence-electron chi connectivity index (χ0n) is 53.8. The molecule has 0 heterocycles. The Morgan fingerprint density at radius 2 is 0.550 bits per heavy atom. The van der Waals surface area contributed by atoms with Gasteiger partial charge in [-0.1, -0.05) is 381 Å². The van der Waals surface area contributed by atoms with Crippen molar-refractivity contribution < 1.29 is 15.0 Å². The molecule has 1 amide bonds. The van der Waals surface area contributed by atoms with Crippen LogP contribution in [-0.2, 0) is 4.79 Å². The highest BCUT2D eigenvalue weighted by Gasteiger charge is 2.20. The molecule has 0 fully saturated rings. The van der Waals surface area contributed by atoms with Crippen LogP contribution in [0.25, 0.3) is 0 Å². The first-order valence-electron chi connectivity index (χ1n) is 35.8. The van der Waals surface area contributed by atoms with Crippen molar-refractivity contribution in [1.82, 2.24) is 5.32 Å². The number of carbonyl (C=O) groups excluding carboxylic acids is 1. The summed E-state index contributed by atoms with van der Waals surface area (Å²) in [5.41, 5.74) is 0. The maximum absolute atomic E-state index is 12.6. The number of nitrogens with one attached hydrogen (secondary N) is 1. The van der Waals surface area contributed by atoms with E-state index in [-0.39, 0.29) is 12.5 Å². The first-order chi connectivity index (χ1) is 39.7. The van der Waals surface area contributed by atoms with Crippen molar-refractivity contribution in [3.05, 3.63) is 85.1 Å². The number of amides is 1. The number of unbranched alkanes of at least 4 members (excludes halogenated alkanes) is 45. The van der Waals surface area contributed by atoms with Gasteiger partial charge in [0.1, 0.15) is 0 Å². The quantitative estimate of drug-likeness (QED) is 0.0420. The largest absolute Gasteiger partial charge is 0.394 e. The summed E-state index contributed by atoms with van der Waals surface area (Å²) in [6.45, 7) is 4.28. The summed E-state index contributed by atoms with van der Waals surface area (Å²) in [6, 6.07) is -0.540. The van der Waals surface area contributed by atoms with Crippen LogP contribution in [0.4, 0.5) is 0 Å². The van der Waals surface area contributed by atoms with Gasteiger partial charge in [0.05, 0.1) is 18.8 Å². The second-order valence-corrected chi connectivity index (χ2v) is 24.3. The lowest BCUT2D eigenvalue weighted by Crippen LogP contribution is -2.45. The highest BCUT2D eigenvalue weighted by Crippen LogP contribution is 2.19. The monoisotopic (exact) mass is 1110 g/mol. The molecule has 0 saturated heterocycles. The predicted molar refractivity (Wildman–Crippen MR) is 359 cm³/mol. The number of allylic oxidation sites excluding steroid dienone is 14. The fraction of sp³-hybridized carbons (Fsp3) is 0.803. The van der Waals surface area contributed by atoms with Gasteiger partial charge in [0, 0.05) is 6.42 Å². The Morgan fingerprint density at radius 3 is 0.825 bits per heavy atom. The van der Waals surface area contributed by atoms with E-state index in [0.717, 1.165) is 70.6 Å². The third-order valence-corrected chi connectivity index (χ3v) is 16.4. The number of aliphatic hydroxyl groups is 2. The second kappa shape index (κ2) is 70.8. The molecule has 0 spiro atoms. The summed E-state index contributed by atoms with van der Waals surface area (Å²) in [6.07, 6.45) is 104. The number of hydrogen-bond donors (Lipinski definition) is 3. The first kappa shape index (κ1) is 77.6. The van der Waals surface area contributed by atoms with Crippen molar-refractivity contribution in [2.45, 2.75) is 386 Å². The molecule has 80 heavy (non-hydrogen) atoms. The lowest BCUT2D eigenvalue weighted by Gasteiger charge is -2.22. The van der Waals surface area contributed by atoms with Crippen LogP contribution < -0.4 is 5.32 Å². The van der Waals surface area contributed by atoms with Crippen LogP contribution in [0.5, 0.6) is 0 Å². The van der Waals surface area contributed by atoms with Gasteiger partial charge in [-0.15, -0.1) is 0 Å². The minimum Gasteiger partial charge on any atom is -0.394 e. The molecule has 0 saturated carbocycles. The first-order valence-corrected chi connectivity index (χ1v) is 35.8. The summed E-state index contributed by atoms with van der Waals surface area (Å²) in [7, 11) is 0. The molecule has 0 aliphatic heterocycles. The number of aliphatic hydroxyl groups excluding tert-OH is 2. The van der Waals surface area contributed by atoms with E-state index in [1.54, 1.807) is 0 Å². The Balaban J connectivity index is 3.43. The average Bonchev–Trinajstić information content (AvgIpc) is 3.46. The van der Waals surface area contributed by atoms with E-state index in [2.05, 4.69) is 104 Å². The van der Waals surface area contributed by atoms with E-state index < -0.39 is 12.1 Å². The minimum atomic E-state index is -0.663. The minimum absolute atomic E-state index is 0.0258. The molecule has 466 valence electrons. The molecule has 0 radical (unpaired) electrons. The average molecular weight is 1110 g/mol. The van der Waals surface area contributed by atoms with Gasteiger partial charge in [0.2, 0.25) is 5.91 Å². The van der Waals surface area contributed by atoms with Gasteiger partial charge in [-0.25, -0.2) is 0 Å². The Bertz CT molecular complexity index is 1400. The molecule has 2 atom stereocenters. The fourth-order valence-electron chi connectivity index (χ4n) is 11.1. The van der Waals surface area contributed by atoms with E-state index in [9.17, 15) is 15.0 Å². The summed E-state index contributed by atoms with van der Waals surface area (Å²) in [5, 5.41) is 23.5. The van der Waals surface area contributed by atoms with Crippen LogP contribution in [0, 0.1) is 0 Å². The normalized spacial score (nSPS) is 13.2. The van der Waals surface area contributed by atoms with Crippen LogP contribution in [0.3, 0.4) is 0 Å². The highest BCUT2D eigenvalue weighted by atomic mass is 16.3. The van der Waals surface area contributed by atoms with E-state index in [0.29, 0.717) is 12.8 Å². The molecule has 0 aromatic rings. The Labute approximate surface area is 501 Å². The smallest absolute Gasteiger partial charge is 0.220 e. The number of rotatable bonds is 66. The molecule has 0 aromatic carbocycles. The molecule has 0 aliphatic rings. The molecule has 4 nitrogen and oxygen atoms in total. The van der Waals surface area contributed by atoms with Gasteiger partial charge in [0.25, 0.3) is 0 Å². The SMILES string of the molecule is CC/C=C\C/C=C\C/C=C\C/C=C\C/C=C\C/C=C\C/C=C\CCCCCCCCCCCCCCCCCCCCCC(=O)NC(CO)C(O)CCCCCCCCCCCCCCCCCCCCCCCCCCCCC. The molecule has 0 aliphatic carbocycles. The molecule has 3 N–H and O–H groups in total. The van der Waals surface area contributed by atoms with Crippen molar-refractivity contribution in [2.75, 3.05) is 6.61 Å². The molecule has 2 unspecified atom stereocenters. The van der Waals surface area contributed by atoms with Crippen LogP contribution in [0.2, 0.25) is 0 Å². The van der Waals surface area contributed by atoms with Crippen molar-refractivity contribution >= 4 is 5.91 Å². The topological polar surface area (TPSA) is 69.6 Å². The molecule has 4 heteroatoms.